The topological polar surface area (TPSA) is 80.4 Å². The molecule has 1 aromatic rings. The maximum atomic E-state index is 12.0. The molecule has 1 unspecified atom stereocenters. The lowest BCUT2D eigenvalue weighted by atomic mass is 9.77. The highest BCUT2D eigenvalue weighted by atomic mass is 16.6. The van der Waals surface area contributed by atoms with Crippen LogP contribution in [0.1, 0.15) is 38.4 Å². The van der Waals surface area contributed by atoms with Crippen molar-refractivity contribution >= 4 is 11.5 Å². The minimum absolute atomic E-state index is 0.0929. The Kier molecular flexibility index (Phi) is 3.72. The van der Waals surface area contributed by atoms with Crippen LogP contribution < -0.4 is 0 Å². The number of ketones is 1. The third-order valence-corrected chi connectivity index (χ3v) is 3.56. The fourth-order valence-corrected chi connectivity index (χ4v) is 2.37. The van der Waals surface area contributed by atoms with Gasteiger partial charge in [0.1, 0.15) is 6.10 Å². The predicted octanol–water partition coefficient (Wildman–Crippen LogP) is 2.94. The highest BCUT2D eigenvalue weighted by Crippen LogP contribution is 2.36. The van der Waals surface area contributed by atoms with Gasteiger partial charge in [0, 0.05) is 24.1 Å². The molecule has 5 heteroatoms. The van der Waals surface area contributed by atoms with Gasteiger partial charge in [-0.1, -0.05) is 32.1 Å². The molecule has 20 heavy (non-hydrogen) atoms. The van der Waals surface area contributed by atoms with Crippen LogP contribution in [0.15, 0.2) is 35.9 Å². The largest absolute Gasteiger partial charge is 0.384 e. The molecule has 0 fully saturated rings. The molecule has 0 aliphatic heterocycles. The van der Waals surface area contributed by atoms with Gasteiger partial charge in [0.15, 0.2) is 5.78 Å². The molecule has 0 aromatic heterocycles. The van der Waals surface area contributed by atoms with Crippen LogP contribution in [-0.2, 0) is 4.79 Å². The number of carbonyl (C=O) groups excluding carboxylic acids is 1. The van der Waals surface area contributed by atoms with E-state index < -0.39 is 11.0 Å². The first kappa shape index (κ1) is 14.4. The van der Waals surface area contributed by atoms with Crippen LogP contribution >= 0.6 is 0 Å². The second kappa shape index (κ2) is 5.17. The number of hydrogen-bond donors (Lipinski definition) is 1. The van der Waals surface area contributed by atoms with Gasteiger partial charge in [-0.05, 0) is 17.4 Å². The van der Waals surface area contributed by atoms with Gasteiger partial charge in [0.05, 0.1) is 4.92 Å². The lowest BCUT2D eigenvalue weighted by molar-refractivity contribution is -0.385. The van der Waals surface area contributed by atoms with Gasteiger partial charge in [-0.3, -0.25) is 14.9 Å². The lowest BCUT2D eigenvalue weighted by Crippen LogP contribution is -2.23. The van der Waals surface area contributed by atoms with Crippen LogP contribution in [0.4, 0.5) is 5.69 Å². The van der Waals surface area contributed by atoms with Crippen LogP contribution in [0, 0.1) is 15.5 Å². The monoisotopic (exact) mass is 275 g/mol. The Morgan fingerprint density at radius 1 is 1.40 bits per heavy atom. The summed E-state index contributed by atoms with van der Waals surface area (Å²) in [6.45, 7) is 4.00. The summed E-state index contributed by atoms with van der Waals surface area (Å²) in [7, 11) is 0. The van der Waals surface area contributed by atoms with Crippen molar-refractivity contribution in [1.29, 1.82) is 0 Å². The van der Waals surface area contributed by atoms with Crippen molar-refractivity contribution in [3.8, 4) is 0 Å². The summed E-state index contributed by atoms with van der Waals surface area (Å²) in [6, 6.07) is 5.76. The van der Waals surface area contributed by atoms with Gasteiger partial charge in [0.2, 0.25) is 0 Å². The molecule has 0 spiro atoms. The van der Waals surface area contributed by atoms with Crippen LogP contribution in [0.2, 0.25) is 0 Å². The van der Waals surface area contributed by atoms with E-state index in [9.17, 15) is 20.0 Å². The van der Waals surface area contributed by atoms with Gasteiger partial charge in [-0.2, -0.15) is 0 Å². The Bertz CT molecular complexity index is 589. The molecular weight excluding hydrogens is 258 g/mol. The number of aliphatic hydroxyl groups is 1. The summed E-state index contributed by atoms with van der Waals surface area (Å²) >= 11 is 0. The average molecular weight is 275 g/mol. The van der Waals surface area contributed by atoms with E-state index in [2.05, 4.69) is 0 Å². The fraction of sp³-hybridized carbons (Fsp3) is 0.400. The van der Waals surface area contributed by atoms with Crippen molar-refractivity contribution in [2.45, 2.75) is 32.8 Å². The smallest absolute Gasteiger partial charge is 0.269 e. The Hall–Kier alpha value is -2.01. The molecule has 2 rings (SSSR count). The highest BCUT2D eigenvalue weighted by molar-refractivity contribution is 5.97. The number of Topliss-reactive ketones (excluding diaryl/α,β-unsaturated/α-hetero) is 1. The summed E-state index contributed by atoms with van der Waals surface area (Å²) in [5.41, 5.74) is 0.466. The maximum Gasteiger partial charge on any atom is 0.269 e. The Morgan fingerprint density at radius 2 is 2.10 bits per heavy atom. The minimum Gasteiger partial charge on any atom is -0.384 e. The molecule has 0 saturated carbocycles. The van der Waals surface area contributed by atoms with Crippen LogP contribution in [0.25, 0.3) is 0 Å². The van der Waals surface area contributed by atoms with Crippen LogP contribution in [-0.4, -0.2) is 15.8 Å². The zero-order valence-electron chi connectivity index (χ0n) is 11.5. The van der Waals surface area contributed by atoms with Crippen molar-refractivity contribution < 1.29 is 14.8 Å². The van der Waals surface area contributed by atoms with Crippen molar-refractivity contribution in [3.63, 3.8) is 0 Å². The van der Waals surface area contributed by atoms with Crippen molar-refractivity contribution in [2.24, 2.45) is 5.41 Å². The zero-order chi connectivity index (χ0) is 14.9. The number of rotatable bonds is 3. The van der Waals surface area contributed by atoms with E-state index >= 15 is 0 Å². The second-order valence-electron chi connectivity index (χ2n) is 5.77. The SMILES string of the molecule is CC1(C)C=C(C(O)c2cccc([N+](=O)[O-])c2)C(=O)CC1. The van der Waals surface area contributed by atoms with Gasteiger partial charge in [0.25, 0.3) is 5.69 Å². The molecule has 1 atom stereocenters. The molecule has 106 valence electrons. The molecule has 0 bridgehead atoms. The molecule has 0 saturated heterocycles. The molecule has 1 aliphatic carbocycles. The molecule has 1 aromatic carbocycles. The Labute approximate surface area is 117 Å². The van der Waals surface area contributed by atoms with Gasteiger partial charge in [-0.25, -0.2) is 0 Å². The molecule has 1 N–H and O–H groups in total. The normalized spacial score (nSPS) is 19.4. The summed E-state index contributed by atoms with van der Waals surface area (Å²) < 4.78 is 0. The van der Waals surface area contributed by atoms with E-state index in [1.807, 2.05) is 13.8 Å². The standard InChI is InChI=1S/C15H17NO4/c1-15(2)7-6-13(17)12(9-15)14(18)10-4-3-5-11(8-10)16(19)20/h3-5,8-9,14,18H,6-7H2,1-2H3. The minimum atomic E-state index is -1.11. The molecular formula is C15H17NO4. The van der Waals surface area contributed by atoms with Crippen molar-refractivity contribution in [1.82, 2.24) is 0 Å². The lowest BCUT2D eigenvalue weighted by Gasteiger charge is -2.28. The summed E-state index contributed by atoms with van der Waals surface area (Å²) in [5.74, 6) is -0.0941. The third-order valence-electron chi connectivity index (χ3n) is 3.56. The fourth-order valence-electron chi connectivity index (χ4n) is 2.37. The van der Waals surface area contributed by atoms with E-state index in [-0.39, 0.29) is 16.9 Å². The quantitative estimate of drug-likeness (QED) is 0.679. The van der Waals surface area contributed by atoms with Crippen LogP contribution in [0.3, 0.4) is 0 Å². The average Bonchev–Trinajstić information content (AvgIpc) is 2.41. The van der Waals surface area contributed by atoms with E-state index in [1.54, 1.807) is 12.1 Å². The summed E-state index contributed by atoms with van der Waals surface area (Å²) in [4.78, 5) is 22.2. The first-order valence-corrected chi connectivity index (χ1v) is 6.48. The number of aliphatic hydroxyl groups excluding tert-OH is 1. The Balaban J connectivity index is 2.38. The first-order valence-electron chi connectivity index (χ1n) is 6.48. The number of nitro benzene ring substituents is 1. The Morgan fingerprint density at radius 3 is 2.75 bits per heavy atom. The van der Waals surface area contributed by atoms with Gasteiger partial charge in [-0.15, -0.1) is 0 Å². The first-order chi connectivity index (χ1) is 9.30. The second-order valence-corrected chi connectivity index (χ2v) is 5.77. The highest BCUT2D eigenvalue weighted by Gasteiger charge is 2.30. The van der Waals surface area contributed by atoms with E-state index in [0.717, 1.165) is 6.42 Å². The summed E-state index contributed by atoms with van der Waals surface area (Å²) in [6.07, 6.45) is 1.81. The number of allylic oxidation sites excluding steroid dienone is 1. The third kappa shape index (κ3) is 2.93. The molecule has 0 heterocycles. The molecule has 0 amide bonds. The number of benzene rings is 1. The van der Waals surface area contributed by atoms with Crippen molar-refractivity contribution in [2.75, 3.05) is 0 Å². The van der Waals surface area contributed by atoms with E-state index in [4.69, 9.17) is 0 Å². The molecule has 0 radical (unpaired) electrons. The van der Waals surface area contributed by atoms with Crippen LogP contribution in [0.5, 0.6) is 0 Å². The number of carbonyl (C=O) groups is 1. The predicted molar refractivity (Wildman–Crippen MR) is 74.2 cm³/mol. The molecule has 1 aliphatic rings. The van der Waals surface area contributed by atoms with E-state index in [0.29, 0.717) is 17.6 Å². The van der Waals surface area contributed by atoms with Gasteiger partial charge < -0.3 is 5.11 Å². The van der Waals surface area contributed by atoms with Crippen molar-refractivity contribution in [3.05, 3.63) is 51.6 Å². The number of nitrogens with zero attached hydrogens (tertiary/aromatic N) is 1. The van der Waals surface area contributed by atoms with E-state index in [1.165, 1.54) is 18.2 Å². The zero-order valence-corrected chi connectivity index (χ0v) is 11.5. The number of nitro groups is 1. The summed E-state index contributed by atoms with van der Waals surface area (Å²) in [5, 5.41) is 21.1. The molecule has 5 nitrogen and oxygen atoms in total. The number of non-ortho nitro benzene ring substituents is 1. The van der Waals surface area contributed by atoms with Gasteiger partial charge >= 0.3 is 0 Å². The number of hydrogen-bond acceptors (Lipinski definition) is 4. The maximum absolute atomic E-state index is 12.0.